The monoisotopic (exact) mass is 412 g/mol. The van der Waals surface area contributed by atoms with Crippen molar-refractivity contribution >= 4 is 39.2 Å². The third-order valence-electron chi connectivity index (χ3n) is 3.95. The fraction of sp³-hybridized carbons (Fsp3) is 0.429. The number of unbranched alkanes of at least 4 members (excludes halogenated alkanes) is 1. The van der Waals surface area contributed by atoms with Crippen molar-refractivity contribution in [3.05, 3.63) is 33.7 Å². The van der Waals surface area contributed by atoms with Gasteiger partial charge in [0.05, 0.1) is 5.69 Å². The van der Waals surface area contributed by atoms with E-state index in [9.17, 15) is 26.4 Å². The zero-order valence-corrected chi connectivity index (χ0v) is 15.2. The summed E-state index contributed by atoms with van der Waals surface area (Å²) in [6, 6.07) is 3.54. The van der Waals surface area contributed by atoms with Gasteiger partial charge in [-0.25, -0.2) is 18.1 Å². The molecule has 0 radical (unpaired) electrons. The number of sulfonamides is 1. The average Bonchev–Trinajstić information content (AvgIpc) is 3.01. The largest absolute Gasteiger partial charge is 0.511 e. The van der Waals surface area contributed by atoms with E-state index in [1.165, 1.54) is 4.72 Å². The molecule has 3 rings (SSSR count). The number of aromatic nitrogens is 3. The Bertz CT molecular complexity index is 1070. The molecule has 0 amide bonds. The lowest BCUT2D eigenvalue weighted by molar-refractivity contribution is -0.0447. The first kappa shape index (κ1) is 20.5. The van der Waals surface area contributed by atoms with Crippen molar-refractivity contribution in [3.63, 3.8) is 0 Å². The first-order chi connectivity index (χ1) is 11.6. The molecule has 144 valence electrons. The van der Waals surface area contributed by atoms with Crippen LogP contribution in [0.1, 0.15) is 24.1 Å². The van der Waals surface area contributed by atoms with E-state index in [0.717, 1.165) is 5.56 Å². The Kier molecular flexibility index (Phi) is 5.54. The Morgan fingerprint density at radius 3 is 2.62 bits per heavy atom. The van der Waals surface area contributed by atoms with E-state index in [0.29, 0.717) is 35.3 Å². The standard InChI is InChI=1S/C14H15F3N4O3S.ClH/c1-8-11-13(22)20-10-6-5-9(12(19-8)21(10)11)4-2-3-7-18-25(23,24)14(15,16)17;/h5-6,18H,2-4,7H2,1H3,(H,20,22);1H. The number of hydrogen-bond acceptors (Lipinski definition) is 4. The fourth-order valence-electron chi connectivity index (χ4n) is 2.77. The van der Waals surface area contributed by atoms with Gasteiger partial charge < -0.3 is 4.98 Å². The SMILES string of the molecule is Cc1nc2c(CCCCNS(=O)(=O)C(F)(F)F)ccc3[nH]c(=O)c1n32.Cl. The molecule has 0 spiro atoms. The molecule has 3 heterocycles. The Hall–Kier alpha value is -1.85. The predicted octanol–water partition coefficient (Wildman–Crippen LogP) is 2.11. The molecule has 0 aliphatic carbocycles. The number of imidazole rings is 2. The van der Waals surface area contributed by atoms with Gasteiger partial charge in [0.2, 0.25) is 0 Å². The van der Waals surface area contributed by atoms with Crippen LogP contribution >= 0.6 is 12.4 Å². The van der Waals surface area contributed by atoms with Gasteiger partial charge in [0, 0.05) is 6.54 Å². The quantitative estimate of drug-likeness (QED) is 0.606. The summed E-state index contributed by atoms with van der Waals surface area (Å²) in [5, 5.41) is 0. The molecule has 3 aromatic rings. The van der Waals surface area contributed by atoms with Gasteiger partial charge in [-0.05, 0) is 37.8 Å². The molecule has 0 saturated heterocycles. The van der Waals surface area contributed by atoms with Gasteiger partial charge in [-0.2, -0.15) is 13.2 Å². The second-order valence-corrected chi connectivity index (χ2v) is 7.46. The summed E-state index contributed by atoms with van der Waals surface area (Å²) in [5.74, 6) is 0. The summed E-state index contributed by atoms with van der Waals surface area (Å²) in [5.41, 5.74) is -2.36. The second-order valence-electron chi connectivity index (χ2n) is 5.70. The van der Waals surface area contributed by atoms with Crippen molar-refractivity contribution in [1.82, 2.24) is 19.1 Å². The van der Waals surface area contributed by atoms with Crippen LogP contribution < -0.4 is 10.3 Å². The van der Waals surface area contributed by atoms with E-state index < -0.39 is 15.5 Å². The van der Waals surface area contributed by atoms with Crippen LogP contribution in [0.15, 0.2) is 16.9 Å². The number of aromatic amines is 1. The van der Waals surface area contributed by atoms with Crippen molar-refractivity contribution < 1.29 is 21.6 Å². The maximum Gasteiger partial charge on any atom is 0.511 e. The van der Waals surface area contributed by atoms with E-state index >= 15 is 0 Å². The smallest absolute Gasteiger partial charge is 0.306 e. The molecule has 3 aromatic heterocycles. The van der Waals surface area contributed by atoms with Crippen LogP contribution in [0.5, 0.6) is 0 Å². The summed E-state index contributed by atoms with van der Waals surface area (Å²) in [7, 11) is -5.30. The average molecular weight is 413 g/mol. The molecule has 0 fully saturated rings. The molecule has 2 N–H and O–H groups in total. The highest BCUT2D eigenvalue weighted by atomic mass is 35.5. The fourth-order valence-corrected chi connectivity index (χ4v) is 3.35. The zero-order valence-electron chi connectivity index (χ0n) is 13.6. The molecular formula is C14H16ClF3N4O3S. The first-order valence-corrected chi connectivity index (χ1v) is 8.98. The van der Waals surface area contributed by atoms with E-state index in [1.807, 2.05) is 0 Å². The minimum Gasteiger partial charge on any atom is -0.306 e. The number of halogens is 4. The molecule has 0 aromatic carbocycles. The van der Waals surface area contributed by atoms with Crippen LogP contribution in [-0.2, 0) is 16.4 Å². The van der Waals surface area contributed by atoms with Crippen molar-refractivity contribution in [2.24, 2.45) is 0 Å². The molecule has 12 heteroatoms. The lowest BCUT2D eigenvalue weighted by Crippen LogP contribution is -2.36. The molecular weight excluding hydrogens is 397 g/mol. The Labute approximate surface area is 152 Å². The topological polar surface area (TPSA) is 96.3 Å². The van der Waals surface area contributed by atoms with Gasteiger partial charge in [-0.1, -0.05) is 6.07 Å². The maximum absolute atomic E-state index is 12.2. The number of alkyl halides is 3. The van der Waals surface area contributed by atoms with Crippen LogP contribution in [0.3, 0.4) is 0 Å². The van der Waals surface area contributed by atoms with Crippen molar-refractivity contribution in [3.8, 4) is 0 Å². The van der Waals surface area contributed by atoms with Crippen LogP contribution in [0.2, 0.25) is 0 Å². The molecule has 0 saturated carbocycles. The number of nitrogens with one attached hydrogen (secondary N) is 2. The van der Waals surface area contributed by atoms with Crippen molar-refractivity contribution in [2.45, 2.75) is 31.7 Å². The third-order valence-corrected chi connectivity index (χ3v) is 5.14. The van der Waals surface area contributed by atoms with Crippen LogP contribution in [0, 0.1) is 6.92 Å². The molecule has 26 heavy (non-hydrogen) atoms. The Morgan fingerprint density at radius 2 is 1.96 bits per heavy atom. The lowest BCUT2D eigenvalue weighted by Gasteiger charge is -2.09. The molecule has 0 bridgehead atoms. The van der Waals surface area contributed by atoms with E-state index in [2.05, 4.69) is 9.97 Å². The van der Waals surface area contributed by atoms with E-state index in [1.54, 1.807) is 23.5 Å². The normalized spacial score (nSPS) is 12.8. The highest BCUT2D eigenvalue weighted by molar-refractivity contribution is 7.90. The van der Waals surface area contributed by atoms with Gasteiger partial charge in [0.15, 0.2) is 0 Å². The van der Waals surface area contributed by atoms with Crippen LogP contribution in [0.25, 0.3) is 16.8 Å². The van der Waals surface area contributed by atoms with Gasteiger partial charge in [-0.3, -0.25) is 9.20 Å². The molecule has 0 unspecified atom stereocenters. The molecule has 0 aliphatic rings. The minimum absolute atomic E-state index is 0. The number of H-pyrrole nitrogens is 1. The minimum atomic E-state index is -5.30. The zero-order chi connectivity index (χ0) is 18.4. The highest BCUT2D eigenvalue weighted by Gasteiger charge is 2.45. The summed E-state index contributed by atoms with van der Waals surface area (Å²) in [6.45, 7) is 1.43. The predicted molar refractivity (Wildman–Crippen MR) is 92.4 cm³/mol. The summed E-state index contributed by atoms with van der Waals surface area (Å²) < 4.78 is 61.6. The molecule has 0 aliphatic heterocycles. The molecule has 0 atom stereocenters. The van der Waals surface area contributed by atoms with Gasteiger partial charge in [0.25, 0.3) is 5.56 Å². The van der Waals surface area contributed by atoms with Gasteiger partial charge >= 0.3 is 15.5 Å². The van der Waals surface area contributed by atoms with Gasteiger partial charge in [0.1, 0.15) is 16.8 Å². The first-order valence-electron chi connectivity index (χ1n) is 7.50. The number of pyridine rings is 1. The summed E-state index contributed by atoms with van der Waals surface area (Å²) >= 11 is 0. The second kappa shape index (κ2) is 7.05. The Morgan fingerprint density at radius 1 is 1.27 bits per heavy atom. The number of rotatable bonds is 6. The van der Waals surface area contributed by atoms with Gasteiger partial charge in [-0.15, -0.1) is 12.4 Å². The maximum atomic E-state index is 12.2. The van der Waals surface area contributed by atoms with Crippen LogP contribution in [0.4, 0.5) is 13.2 Å². The van der Waals surface area contributed by atoms with Crippen molar-refractivity contribution in [1.29, 1.82) is 0 Å². The number of hydrogen-bond donors (Lipinski definition) is 2. The Balaban J connectivity index is 0.00000243. The van der Waals surface area contributed by atoms with Crippen LogP contribution in [-0.4, -0.2) is 34.8 Å². The summed E-state index contributed by atoms with van der Waals surface area (Å²) in [6.07, 6.45) is 1.21. The third kappa shape index (κ3) is 3.51. The number of nitrogens with zero attached hydrogens (tertiary/aromatic N) is 2. The highest BCUT2D eigenvalue weighted by Crippen LogP contribution is 2.22. The van der Waals surface area contributed by atoms with E-state index in [-0.39, 0.29) is 30.9 Å². The lowest BCUT2D eigenvalue weighted by atomic mass is 10.1. The van der Waals surface area contributed by atoms with E-state index in [4.69, 9.17) is 0 Å². The molecule has 7 nitrogen and oxygen atoms in total. The number of aryl methyl sites for hydroxylation is 2. The summed E-state index contributed by atoms with van der Waals surface area (Å²) in [4.78, 5) is 19.0. The van der Waals surface area contributed by atoms with Crippen molar-refractivity contribution in [2.75, 3.05) is 6.54 Å².